The van der Waals surface area contributed by atoms with E-state index in [0.29, 0.717) is 38.5 Å². The molecule has 398 valence electrons. The molecule has 21 heteroatoms. The van der Waals surface area contributed by atoms with Gasteiger partial charge in [-0.1, -0.05) is 124 Å². The van der Waals surface area contributed by atoms with E-state index in [9.17, 15) is 48.6 Å². The summed E-state index contributed by atoms with van der Waals surface area (Å²) in [4.78, 5) is 61.8. The Kier molecular flexibility index (Phi) is 33.1. The van der Waals surface area contributed by atoms with Crippen LogP contribution in [0.15, 0.2) is 114 Å². The molecule has 0 aliphatic carbocycles. The Hall–Kier alpha value is -4.36. The van der Waals surface area contributed by atoms with Crippen molar-refractivity contribution in [2.75, 3.05) is 25.6 Å². The third-order valence-corrected chi connectivity index (χ3v) is 12.8. The van der Waals surface area contributed by atoms with E-state index in [1.165, 1.54) is 25.3 Å². The van der Waals surface area contributed by atoms with Crippen molar-refractivity contribution in [1.82, 2.24) is 9.55 Å². The number of aliphatic hydroxyl groups excluding tert-OH is 3. The number of nitrogens with zero attached hydrogens (tertiary/aromatic N) is 2. The fourth-order valence-corrected chi connectivity index (χ4v) is 8.54. The van der Waals surface area contributed by atoms with Crippen molar-refractivity contribution >= 4 is 33.4 Å². The van der Waals surface area contributed by atoms with Crippen LogP contribution in [-0.4, -0.2) is 96.9 Å². The molecule has 2 rings (SSSR count). The molecule has 8 atom stereocenters. The van der Waals surface area contributed by atoms with Gasteiger partial charge in [-0.15, -0.1) is 0 Å². The molecule has 1 aliphatic rings. The lowest BCUT2D eigenvalue weighted by atomic mass is 10.1. The number of phosphoric acid groups is 2. The molecule has 3 unspecified atom stereocenters. The predicted molar refractivity (Wildman–Crippen MR) is 271 cm³/mol. The van der Waals surface area contributed by atoms with E-state index in [-0.39, 0.29) is 18.7 Å². The number of carbonyl (C=O) groups excluding carboxylic acids is 2. The van der Waals surface area contributed by atoms with Crippen molar-refractivity contribution in [2.45, 2.75) is 160 Å². The minimum atomic E-state index is -5.45. The van der Waals surface area contributed by atoms with Gasteiger partial charge in [-0.3, -0.25) is 23.2 Å². The highest BCUT2D eigenvalue weighted by atomic mass is 31.3. The first-order valence-corrected chi connectivity index (χ1v) is 27.3. The molecule has 1 saturated heterocycles. The fourth-order valence-electron chi connectivity index (χ4n) is 6.43. The van der Waals surface area contributed by atoms with Gasteiger partial charge < -0.3 is 45.1 Å². The Balaban J connectivity index is 1.87. The summed E-state index contributed by atoms with van der Waals surface area (Å²) < 4.78 is 56.6. The quantitative estimate of drug-likeness (QED) is 0.0119. The first-order valence-electron chi connectivity index (χ1n) is 24.4. The van der Waals surface area contributed by atoms with Crippen LogP contribution in [0.4, 0.5) is 5.82 Å². The molecule has 1 aromatic rings. The lowest BCUT2D eigenvalue weighted by Crippen LogP contribution is -2.36. The van der Waals surface area contributed by atoms with Gasteiger partial charge in [0.05, 0.1) is 19.3 Å². The fraction of sp³-hybridized carbons (Fsp3) is 0.560. The van der Waals surface area contributed by atoms with Gasteiger partial charge >= 0.3 is 33.3 Å². The van der Waals surface area contributed by atoms with Gasteiger partial charge in [0.15, 0.2) is 12.3 Å². The minimum absolute atomic E-state index is 0.0167. The Morgan fingerprint density at radius 3 is 1.97 bits per heavy atom. The smallest absolute Gasteiger partial charge is 0.462 e. The summed E-state index contributed by atoms with van der Waals surface area (Å²) in [6.45, 7) is 1.77. The molecule has 0 bridgehead atoms. The van der Waals surface area contributed by atoms with Crippen LogP contribution < -0.4 is 11.4 Å². The SMILES string of the molecule is CC/C=C\C(O)C/C=C/C=C\C/C=C\C/C=C\CCCC(=O)OC[C@H](COP(=O)(O)OP(=O)(O)OC[C@H]1O[C@@H](n2ccc(N)nc2=O)[C@H](O)[C@@H]1O)OC(=O)CCCC/C=C\C/C=C\C/C=C\CCCCC. The van der Waals surface area contributed by atoms with Crippen LogP contribution in [-0.2, 0) is 46.3 Å². The highest BCUT2D eigenvalue weighted by Gasteiger charge is 2.46. The number of aliphatic hydroxyl groups is 3. The van der Waals surface area contributed by atoms with E-state index in [2.05, 4.69) is 40.5 Å². The lowest BCUT2D eigenvalue weighted by molar-refractivity contribution is -0.161. The molecule has 19 nitrogen and oxygen atoms in total. The summed E-state index contributed by atoms with van der Waals surface area (Å²) in [5.74, 6) is -1.45. The van der Waals surface area contributed by atoms with Crippen molar-refractivity contribution in [3.8, 4) is 0 Å². The second-order valence-electron chi connectivity index (χ2n) is 16.4. The summed E-state index contributed by atoms with van der Waals surface area (Å²) >= 11 is 0. The van der Waals surface area contributed by atoms with Gasteiger partial charge in [-0.05, 0) is 89.5 Å². The summed E-state index contributed by atoms with van der Waals surface area (Å²) in [5.41, 5.74) is 4.57. The Morgan fingerprint density at radius 1 is 0.761 bits per heavy atom. The number of nitrogen functional groups attached to an aromatic ring is 1. The average Bonchev–Trinajstić information content (AvgIpc) is 3.60. The van der Waals surface area contributed by atoms with Gasteiger partial charge in [-0.2, -0.15) is 9.29 Å². The van der Waals surface area contributed by atoms with Gasteiger partial charge in [0.1, 0.15) is 30.7 Å². The highest BCUT2D eigenvalue weighted by molar-refractivity contribution is 7.61. The van der Waals surface area contributed by atoms with Gasteiger partial charge in [-0.25, -0.2) is 13.9 Å². The van der Waals surface area contributed by atoms with Crippen LogP contribution >= 0.6 is 15.6 Å². The summed E-state index contributed by atoms with van der Waals surface area (Å²) in [6, 6.07) is 1.24. The van der Waals surface area contributed by atoms with E-state index < -0.39 is 89.8 Å². The number of aromatic nitrogens is 2. The average molecular weight is 1040 g/mol. The number of unbranched alkanes of at least 4 members (excludes halogenated alkanes) is 6. The van der Waals surface area contributed by atoms with Crippen LogP contribution in [0.3, 0.4) is 0 Å². The molecular weight excluding hydrogens is 961 g/mol. The zero-order valence-electron chi connectivity index (χ0n) is 41.1. The summed E-state index contributed by atoms with van der Waals surface area (Å²) in [5, 5.41) is 30.7. The summed E-state index contributed by atoms with van der Waals surface area (Å²) in [6.07, 6.45) is 37.0. The van der Waals surface area contributed by atoms with E-state index >= 15 is 0 Å². The molecule has 1 aromatic heterocycles. The Labute approximate surface area is 418 Å². The van der Waals surface area contributed by atoms with Gasteiger partial charge in [0.2, 0.25) is 0 Å². The predicted octanol–water partition coefficient (Wildman–Crippen LogP) is 8.63. The van der Waals surface area contributed by atoms with Crippen molar-refractivity contribution in [3.63, 3.8) is 0 Å². The number of hydrogen-bond acceptors (Lipinski definition) is 16. The lowest BCUT2D eigenvalue weighted by Gasteiger charge is -2.21. The molecule has 2 heterocycles. The number of allylic oxidation sites excluding steroid dienone is 14. The highest BCUT2D eigenvalue weighted by Crippen LogP contribution is 2.60. The minimum Gasteiger partial charge on any atom is -0.462 e. The maximum absolute atomic E-state index is 12.8. The van der Waals surface area contributed by atoms with Crippen molar-refractivity contribution in [2.24, 2.45) is 0 Å². The third-order valence-electron chi connectivity index (χ3n) is 10.2. The molecule has 0 saturated carbocycles. The number of ether oxygens (including phenoxy) is 3. The molecule has 1 fully saturated rings. The molecule has 0 amide bonds. The number of esters is 2. The van der Waals surface area contributed by atoms with E-state index in [4.69, 9.17) is 29.0 Å². The van der Waals surface area contributed by atoms with Crippen LogP contribution in [0.2, 0.25) is 0 Å². The first kappa shape index (κ1) is 62.8. The molecule has 7 N–H and O–H groups in total. The second kappa shape index (κ2) is 37.4. The number of carbonyl (C=O) groups is 2. The van der Waals surface area contributed by atoms with Crippen LogP contribution in [0.25, 0.3) is 0 Å². The molecule has 0 radical (unpaired) electrons. The van der Waals surface area contributed by atoms with E-state index in [1.807, 2.05) is 73.8 Å². The zero-order valence-corrected chi connectivity index (χ0v) is 42.9. The topological polar surface area (TPSA) is 286 Å². The van der Waals surface area contributed by atoms with E-state index in [0.717, 1.165) is 49.3 Å². The number of phosphoric ester groups is 2. The van der Waals surface area contributed by atoms with Crippen molar-refractivity contribution in [3.05, 3.63) is 120 Å². The second-order valence-corrected chi connectivity index (χ2v) is 19.5. The van der Waals surface area contributed by atoms with Crippen LogP contribution in [0, 0.1) is 0 Å². The van der Waals surface area contributed by atoms with Gasteiger partial charge in [0, 0.05) is 19.0 Å². The van der Waals surface area contributed by atoms with Crippen LogP contribution in [0.1, 0.15) is 129 Å². The number of hydrogen-bond donors (Lipinski definition) is 6. The zero-order chi connectivity index (χ0) is 52.2. The number of anilines is 1. The van der Waals surface area contributed by atoms with Crippen molar-refractivity contribution < 1.29 is 71.4 Å². The molecular formula is C50H77N3O16P2. The van der Waals surface area contributed by atoms with Crippen LogP contribution in [0.5, 0.6) is 0 Å². The molecule has 1 aliphatic heterocycles. The Bertz CT molecular complexity index is 2080. The molecule has 0 aromatic carbocycles. The normalized spacial score (nSPS) is 20.4. The maximum Gasteiger partial charge on any atom is 0.481 e. The summed E-state index contributed by atoms with van der Waals surface area (Å²) in [7, 11) is -10.9. The van der Waals surface area contributed by atoms with E-state index in [1.54, 1.807) is 6.08 Å². The Morgan fingerprint density at radius 2 is 1.34 bits per heavy atom. The van der Waals surface area contributed by atoms with Gasteiger partial charge in [0.25, 0.3) is 0 Å². The number of rotatable bonds is 38. The standard InChI is InChI=1S/C50H77N3O16P2/c1-3-5-7-8-9-10-11-12-13-14-19-22-25-28-31-35-46(56)67-42(38-64-45(55)34-30-27-24-21-18-16-15-17-20-23-26-29-33-41(54)32-6-4-2)39-65-70(60,61)69-71(62,63)66-40-43-47(57)48(58)49(68-43)53-37-36-44(51)52-50(53)59/h6,9-10,12-13,15-16,19-24,26,29,32,36-37,41-43,47-49,54,57-58H,3-5,7-8,11,14,17-18,25,27-28,30-31,33-35,38-40H2,1-2H3,(H,60,61)(H,62,63)(H2,51,52,59)/b10-9-,13-12-,16-15-,22-19-,23-20-,24-21-,29-26+,32-6-/t41?,42-,43-,47-,48-,49-/m1/s1. The first-order chi connectivity index (χ1) is 34.1. The van der Waals surface area contributed by atoms with Crippen molar-refractivity contribution in [1.29, 1.82) is 0 Å². The third kappa shape index (κ3) is 30.3. The molecule has 71 heavy (non-hydrogen) atoms. The monoisotopic (exact) mass is 1040 g/mol. The molecule has 0 spiro atoms. The maximum atomic E-state index is 12.8. The number of nitrogens with two attached hydrogens (primary N) is 1. The largest absolute Gasteiger partial charge is 0.481 e.